The van der Waals surface area contributed by atoms with Crippen molar-refractivity contribution in [3.63, 3.8) is 0 Å². The first-order valence-corrected chi connectivity index (χ1v) is 6.37. The SMILES string of the molecule is CC(O)C(=O)Nc1ccc(OCc2ccccn2)c(F)c1. The Morgan fingerprint density at radius 2 is 2.24 bits per heavy atom. The molecule has 1 aromatic carbocycles. The third-order valence-corrected chi connectivity index (χ3v) is 2.68. The van der Waals surface area contributed by atoms with Crippen LogP contribution < -0.4 is 10.1 Å². The zero-order valence-corrected chi connectivity index (χ0v) is 11.4. The summed E-state index contributed by atoms with van der Waals surface area (Å²) in [6.07, 6.45) is 0.470. The van der Waals surface area contributed by atoms with E-state index in [-0.39, 0.29) is 18.0 Å². The minimum absolute atomic E-state index is 0.0655. The highest BCUT2D eigenvalue weighted by Gasteiger charge is 2.11. The van der Waals surface area contributed by atoms with E-state index in [0.29, 0.717) is 5.69 Å². The van der Waals surface area contributed by atoms with Gasteiger partial charge in [0.2, 0.25) is 0 Å². The van der Waals surface area contributed by atoms with Crippen molar-refractivity contribution in [1.29, 1.82) is 0 Å². The summed E-state index contributed by atoms with van der Waals surface area (Å²) in [7, 11) is 0. The molecule has 0 spiro atoms. The lowest BCUT2D eigenvalue weighted by Gasteiger charge is -2.10. The maximum Gasteiger partial charge on any atom is 0.252 e. The number of hydrogen-bond acceptors (Lipinski definition) is 4. The van der Waals surface area contributed by atoms with Gasteiger partial charge in [-0.25, -0.2) is 4.39 Å². The molecule has 1 heterocycles. The number of nitrogens with zero attached hydrogens (tertiary/aromatic N) is 1. The van der Waals surface area contributed by atoms with Crippen LogP contribution in [0, 0.1) is 5.82 Å². The molecule has 2 N–H and O–H groups in total. The number of hydrogen-bond donors (Lipinski definition) is 2. The minimum Gasteiger partial charge on any atom is -0.484 e. The van der Waals surface area contributed by atoms with Gasteiger partial charge in [0.25, 0.3) is 5.91 Å². The van der Waals surface area contributed by atoms with Crippen LogP contribution in [0.1, 0.15) is 12.6 Å². The molecule has 2 rings (SSSR count). The standard InChI is InChI=1S/C15H15FN2O3/c1-10(19)15(20)18-11-5-6-14(13(16)8-11)21-9-12-4-2-3-7-17-12/h2-8,10,19H,9H2,1H3,(H,18,20). The second kappa shape index (κ2) is 6.81. The first-order valence-electron chi connectivity index (χ1n) is 6.37. The van der Waals surface area contributed by atoms with E-state index in [1.54, 1.807) is 18.3 Å². The molecule has 6 heteroatoms. The monoisotopic (exact) mass is 290 g/mol. The van der Waals surface area contributed by atoms with Gasteiger partial charge in [0.1, 0.15) is 12.7 Å². The summed E-state index contributed by atoms with van der Waals surface area (Å²) < 4.78 is 19.2. The molecule has 1 unspecified atom stereocenters. The molecule has 1 atom stereocenters. The van der Waals surface area contributed by atoms with Gasteiger partial charge in [0.15, 0.2) is 11.6 Å². The summed E-state index contributed by atoms with van der Waals surface area (Å²) in [6.45, 7) is 1.48. The molecule has 0 saturated heterocycles. The number of amides is 1. The molecule has 0 saturated carbocycles. The lowest BCUT2D eigenvalue weighted by Crippen LogP contribution is -2.24. The van der Waals surface area contributed by atoms with Crippen LogP contribution >= 0.6 is 0 Å². The second-order valence-electron chi connectivity index (χ2n) is 4.42. The van der Waals surface area contributed by atoms with Gasteiger partial charge in [-0.3, -0.25) is 9.78 Å². The third-order valence-electron chi connectivity index (χ3n) is 2.68. The number of aromatic nitrogens is 1. The van der Waals surface area contributed by atoms with Crippen molar-refractivity contribution in [2.24, 2.45) is 0 Å². The van der Waals surface area contributed by atoms with E-state index in [9.17, 15) is 9.18 Å². The molecule has 110 valence electrons. The number of anilines is 1. The lowest BCUT2D eigenvalue weighted by atomic mass is 10.2. The summed E-state index contributed by atoms with van der Waals surface area (Å²) >= 11 is 0. The molecule has 0 radical (unpaired) electrons. The molecule has 1 aromatic heterocycles. The molecule has 1 amide bonds. The molecule has 21 heavy (non-hydrogen) atoms. The van der Waals surface area contributed by atoms with Crippen molar-refractivity contribution in [3.05, 3.63) is 54.1 Å². The average Bonchev–Trinajstić information content (AvgIpc) is 2.47. The van der Waals surface area contributed by atoms with Gasteiger partial charge in [-0.15, -0.1) is 0 Å². The molecule has 0 fully saturated rings. The Bertz CT molecular complexity index is 618. The number of rotatable bonds is 5. The van der Waals surface area contributed by atoms with Crippen molar-refractivity contribution in [3.8, 4) is 5.75 Å². The third kappa shape index (κ3) is 4.25. The van der Waals surface area contributed by atoms with E-state index in [2.05, 4.69) is 10.3 Å². The highest BCUT2D eigenvalue weighted by Crippen LogP contribution is 2.22. The average molecular weight is 290 g/mol. The Labute approximate surface area is 121 Å². The van der Waals surface area contributed by atoms with Crippen LogP contribution in [-0.2, 0) is 11.4 Å². The van der Waals surface area contributed by atoms with Crippen LogP contribution in [0.2, 0.25) is 0 Å². The molecule has 0 bridgehead atoms. The largest absolute Gasteiger partial charge is 0.484 e. The Balaban J connectivity index is 2.01. The summed E-state index contributed by atoms with van der Waals surface area (Å²) in [5.74, 6) is -1.14. The van der Waals surface area contributed by atoms with Crippen LogP contribution in [0.15, 0.2) is 42.6 Å². The summed E-state index contributed by atoms with van der Waals surface area (Å²) in [5.41, 5.74) is 0.937. The van der Waals surface area contributed by atoms with Crippen LogP contribution in [0.5, 0.6) is 5.75 Å². The highest BCUT2D eigenvalue weighted by atomic mass is 19.1. The normalized spacial score (nSPS) is 11.8. The number of aliphatic hydroxyl groups excluding tert-OH is 1. The molecular formula is C15H15FN2O3. The Kier molecular flexibility index (Phi) is 4.84. The van der Waals surface area contributed by atoms with Gasteiger partial charge in [0, 0.05) is 18.0 Å². The molecule has 5 nitrogen and oxygen atoms in total. The molecule has 0 aliphatic carbocycles. The Morgan fingerprint density at radius 1 is 1.43 bits per heavy atom. The first-order chi connectivity index (χ1) is 10.1. The van der Waals surface area contributed by atoms with E-state index < -0.39 is 17.8 Å². The molecular weight excluding hydrogens is 275 g/mol. The summed E-state index contributed by atoms with van der Waals surface area (Å²) in [5, 5.41) is 11.5. The van der Waals surface area contributed by atoms with Gasteiger partial charge in [0.05, 0.1) is 5.69 Å². The van der Waals surface area contributed by atoms with E-state index in [0.717, 1.165) is 6.07 Å². The van der Waals surface area contributed by atoms with Gasteiger partial charge >= 0.3 is 0 Å². The van der Waals surface area contributed by atoms with Crippen LogP contribution in [0.25, 0.3) is 0 Å². The van der Waals surface area contributed by atoms with Crippen LogP contribution in [0.4, 0.5) is 10.1 Å². The summed E-state index contributed by atoms with van der Waals surface area (Å²) in [6, 6.07) is 9.41. The van der Waals surface area contributed by atoms with Crippen molar-refractivity contribution in [1.82, 2.24) is 4.98 Å². The fraction of sp³-hybridized carbons (Fsp3) is 0.200. The van der Waals surface area contributed by atoms with Crippen molar-refractivity contribution in [2.45, 2.75) is 19.6 Å². The quantitative estimate of drug-likeness (QED) is 0.885. The van der Waals surface area contributed by atoms with Crippen molar-refractivity contribution in [2.75, 3.05) is 5.32 Å². The molecule has 2 aromatic rings. The fourth-order valence-electron chi connectivity index (χ4n) is 1.58. The number of halogens is 1. The topological polar surface area (TPSA) is 71.5 Å². The van der Waals surface area contributed by atoms with Gasteiger partial charge in [-0.2, -0.15) is 0 Å². The lowest BCUT2D eigenvalue weighted by molar-refractivity contribution is -0.123. The Morgan fingerprint density at radius 3 is 2.86 bits per heavy atom. The minimum atomic E-state index is -1.16. The maximum absolute atomic E-state index is 13.8. The van der Waals surface area contributed by atoms with Crippen molar-refractivity contribution >= 4 is 11.6 Å². The van der Waals surface area contributed by atoms with E-state index in [1.165, 1.54) is 19.1 Å². The predicted molar refractivity (Wildman–Crippen MR) is 75.3 cm³/mol. The first kappa shape index (κ1) is 14.9. The Hall–Kier alpha value is -2.47. The number of benzene rings is 1. The zero-order valence-electron chi connectivity index (χ0n) is 11.4. The number of nitrogens with one attached hydrogen (secondary N) is 1. The van der Waals surface area contributed by atoms with Gasteiger partial charge in [-0.05, 0) is 31.2 Å². The van der Waals surface area contributed by atoms with Crippen LogP contribution in [-0.4, -0.2) is 22.1 Å². The smallest absolute Gasteiger partial charge is 0.252 e. The number of carbonyl (C=O) groups excluding carboxylic acids is 1. The number of carbonyl (C=O) groups is 1. The predicted octanol–water partition coefficient (Wildman–Crippen LogP) is 2.12. The van der Waals surface area contributed by atoms with E-state index >= 15 is 0 Å². The maximum atomic E-state index is 13.8. The fourth-order valence-corrected chi connectivity index (χ4v) is 1.58. The number of pyridine rings is 1. The van der Waals surface area contributed by atoms with Crippen LogP contribution in [0.3, 0.4) is 0 Å². The van der Waals surface area contributed by atoms with E-state index in [1.807, 2.05) is 6.07 Å². The molecule has 0 aliphatic heterocycles. The number of aliphatic hydroxyl groups is 1. The summed E-state index contributed by atoms with van der Waals surface area (Å²) in [4.78, 5) is 15.4. The molecule has 0 aliphatic rings. The zero-order chi connectivity index (χ0) is 15.2. The van der Waals surface area contributed by atoms with Gasteiger partial charge in [-0.1, -0.05) is 6.07 Å². The highest BCUT2D eigenvalue weighted by molar-refractivity contribution is 5.93. The second-order valence-corrected chi connectivity index (χ2v) is 4.42. The number of ether oxygens (including phenoxy) is 1. The van der Waals surface area contributed by atoms with Gasteiger partial charge < -0.3 is 15.2 Å². The van der Waals surface area contributed by atoms with E-state index in [4.69, 9.17) is 9.84 Å². The van der Waals surface area contributed by atoms with Crippen molar-refractivity contribution < 1.29 is 19.0 Å².